The Bertz CT molecular complexity index is 684. The van der Waals surface area contributed by atoms with Gasteiger partial charge in [-0.05, 0) is 36.6 Å². The van der Waals surface area contributed by atoms with Gasteiger partial charge < -0.3 is 4.90 Å². The van der Waals surface area contributed by atoms with Crippen LogP contribution in [0.25, 0.3) is 0 Å². The number of aryl methyl sites for hydroxylation is 1. The molecule has 0 fully saturated rings. The molecule has 6 nitrogen and oxygen atoms in total. The lowest BCUT2D eigenvalue weighted by Gasteiger charge is -2.35. The second kappa shape index (κ2) is 5.16. The number of aromatic nitrogens is 3. The van der Waals surface area contributed by atoms with E-state index in [2.05, 4.69) is 15.6 Å². The van der Waals surface area contributed by atoms with Crippen LogP contribution in [0.1, 0.15) is 24.1 Å². The molecular formula is C14H16FN5O. The molecule has 7 heteroatoms. The highest BCUT2D eigenvalue weighted by Crippen LogP contribution is 2.30. The molecule has 110 valence electrons. The molecule has 1 aromatic carbocycles. The molecule has 1 aliphatic heterocycles. The fraction of sp³-hybridized carbons (Fsp3) is 0.357. The summed E-state index contributed by atoms with van der Waals surface area (Å²) in [6, 6.07) is 4.32. The zero-order chi connectivity index (χ0) is 15.0. The van der Waals surface area contributed by atoms with Gasteiger partial charge in [-0.15, -0.1) is 5.10 Å². The van der Waals surface area contributed by atoms with Crippen molar-refractivity contribution in [2.24, 2.45) is 7.05 Å². The van der Waals surface area contributed by atoms with E-state index in [9.17, 15) is 9.18 Å². The van der Waals surface area contributed by atoms with Gasteiger partial charge in [-0.25, -0.2) is 9.18 Å². The predicted molar refractivity (Wildman–Crippen MR) is 75.2 cm³/mol. The van der Waals surface area contributed by atoms with Crippen molar-refractivity contribution in [3.05, 3.63) is 41.3 Å². The van der Waals surface area contributed by atoms with Gasteiger partial charge in [-0.3, -0.25) is 10.00 Å². The van der Waals surface area contributed by atoms with Crippen LogP contribution in [-0.2, 0) is 13.5 Å². The lowest BCUT2D eigenvalue weighted by Crippen LogP contribution is -2.41. The first-order valence-corrected chi connectivity index (χ1v) is 6.77. The lowest BCUT2D eigenvalue weighted by molar-refractivity contribution is 0.188. The number of benzene rings is 1. The fourth-order valence-corrected chi connectivity index (χ4v) is 2.65. The number of carbonyl (C=O) groups excluding carboxylic acids is 1. The Morgan fingerprint density at radius 3 is 3.00 bits per heavy atom. The fourth-order valence-electron chi connectivity index (χ4n) is 2.65. The topological polar surface area (TPSA) is 63.1 Å². The summed E-state index contributed by atoms with van der Waals surface area (Å²) in [6.45, 7) is 2.49. The number of hydrogen-bond donors (Lipinski definition) is 1. The van der Waals surface area contributed by atoms with E-state index in [0.29, 0.717) is 18.8 Å². The van der Waals surface area contributed by atoms with Crippen LogP contribution in [0.4, 0.5) is 15.0 Å². The Labute approximate surface area is 121 Å². The van der Waals surface area contributed by atoms with E-state index in [1.807, 2.05) is 6.92 Å². The van der Waals surface area contributed by atoms with Crippen LogP contribution >= 0.6 is 0 Å². The van der Waals surface area contributed by atoms with Gasteiger partial charge in [0, 0.05) is 13.6 Å². The molecule has 0 aliphatic carbocycles. The predicted octanol–water partition coefficient (Wildman–Crippen LogP) is 2.11. The first kappa shape index (κ1) is 13.5. The van der Waals surface area contributed by atoms with Gasteiger partial charge in [0.15, 0.2) is 5.82 Å². The Balaban J connectivity index is 1.79. The van der Waals surface area contributed by atoms with Gasteiger partial charge >= 0.3 is 6.03 Å². The molecule has 0 unspecified atom stereocenters. The van der Waals surface area contributed by atoms with Gasteiger partial charge in [-0.1, -0.05) is 11.3 Å². The lowest BCUT2D eigenvalue weighted by atomic mass is 9.94. The van der Waals surface area contributed by atoms with Crippen LogP contribution in [0.15, 0.2) is 24.4 Å². The summed E-state index contributed by atoms with van der Waals surface area (Å²) in [5.41, 5.74) is 1.95. The first-order valence-electron chi connectivity index (χ1n) is 6.77. The molecule has 3 rings (SSSR count). The van der Waals surface area contributed by atoms with Crippen molar-refractivity contribution < 1.29 is 9.18 Å². The number of hydrogen-bond acceptors (Lipinski definition) is 3. The number of amides is 2. The molecule has 21 heavy (non-hydrogen) atoms. The maximum atomic E-state index is 13.4. The largest absolute Gasteiger partial charge is 0.323 e. The summed E-state index contributed by atoms with van der Waals surface area (Å²) >= 11 is 0. The van der Waals surface area contributed by atoms with Crippen LogP contribution in [0.5, 0.6) is 0 Å². The summed E-state index contributed by atoms with van der Waals surface area (Å²) in [5, 5.41) is 10.3. The van der Waals surface area contributed by atoms with E-state index >= 15 is 0 Å². The Morgan fingerprint density at radius 1 is 1.48 bits per heavy atom. The quantitative estimate of drug-likeness (QED) is 0.874. The Kier molecular flexibility index (Phi) is 3.32. The molecule has 0 radical (unpaired) electrons. The minimum Gasteiger partial charge on any atom is -0.317 e. The summed E-state index contributed by atoms with van der Waals surface area (Å²) in [5.74, 6) is 0.122. The van der Waals surface area contributed by atoms with Crippen LogP contribution in [0, 0.1) is 5.82 Å². The number of nitrogens with zero attached hydrogens (tertiary/aromatic N) is 4. The standard InChI is InChI=1S/C14H16FN5O/c1-9-12-7-11(15)4-3-10(12)5-6-20(9)14(21)16-13-8-19(2)18-17-13/h3-4,7-9H,5-6H2,1-2H3,(H,16,21)/t9-/m0/s1. The molecule has 1 aromatic heterocycles. The minimum absolute atomic E-state index is 0.180. The molecule has 1 atom stereocenters. The van der Waals surface area contributed by atoms with E-state index < -0.39 is 0 Å². The molecule has 1 aliphatic rings. The molecule has 0 saturated carbocycles. The van der Waals surface area contributed by atoms with Crippen molar-refractivity contribution in [1.29, 1.82) is 0 Å². The monoisotopic (exact) mass is 289 g/mol. The number of fused-ring (bicyclic) bond motifs is 1. The number of anilines is 1. The molecule has 2 amide bonds. The molecule has 0 saturated heterocycles. The van der Waals surface area contributed by atoms with Crippen LogP contribution < -0.4 is 5.32 Å². The third-order valence-electron chi connectivity index (χ3n) is 3.75. The zero-order valence-corrected chi connectivity index (χ0v) is 11.9. The van der Waals surface area contributed by atoms with E-state index in [4.69, 9.17) is 0 Å². The molecule has 1 N–H and O–H groups in total. The van der Waals surface area contributed by atoms with Crippen molar-refractivity contribution in [3.8, 4) is 0 Å². The van der Waals surface area contributed by atoms with Crippen molar-refractivity contribution in [3.63, 3.8) is 0 Å². The maximum Gasteiger partial charge on any atom is 0.323 e. The molecule has 2 heterocycles. The minimum atomic E-state index is -0.281. The Hall–Kier alpha value is -2.44. The summed E-state index contributed by atoms with van der Waals surface area (Å²) in [4.78, 5) is 14.0. The highest BCUT2D eigenvalue weighted by Gasteiger charge is 2.28. The highest BCUT2D eigenvalue weighted by molar-refractivity contribution is 5.88. The average molecular weight is 289 g/mol. The second-order valence-corrected chi connectivity index (χ2v) is 5.17. The zero-order valence-electron chi connectivity index (χ0n) is 11.9. The summed E-state index contributed by atoms with van der Waals surface area (Å²) < 4.78 is 14.9. The van der Waals surface area contributed by atoms with Crippen molar-refractivity contribution >= 4 is 11.8 Å². The van der Waals surface area contributed by atoms with Gasteiger partial charge in [0.05, 0.1) is 12.2 Å². The smallest absolute Gasteiger partial charge is 0.317 e. The summed E-state index contributed by atoms with van der Waals surface area (Å²) in [6.07, 6.45) is 2.34. The van der Waals surface area contributed by atoms with Crippen molar-refractivity contribution in [2.45, 2.75) is 19.4 Å². The van der Waals surface area contributed by atoms with E-state index in [1.165, 1.54) is 16.8 Å². The number of nitrogens with one attached hydrogen (secondary N) is 1. The SMILES string of the molecule is C[C@H]1c2cc(F)ccc2CCN1C(=O)Nc1cn(C)nn1. The van der Waals surface area contributed by atoms with Crippen molar-refractivity contribution in [2.75, 3.05) is 11.9 Å². The average Bonchev–Trinajstić information content (AvgIpc) is 2.85. The van der Waals surface area contributed by atoms with Crippen LogP contribution in [0.2, 0.25) is 0 Å². The van der Waals surface area contributed by atoms with Crippen LogP contribution in [0.3, 0.4) is 0 Å². The van der Waals surface area contributed by atoms with Gasteiger partial charge in [-0.2, -0.15) is 0 Å². The van der Waals surface area contributed by atoms with E-state index in [0.717, 1.165) is 11.1 Å². The normalized spacial score (nSPS) is 17.5. The molecular weight excluding hydrogens is 273 g/mol. The molecule has 0 spiro atoms. The Morgan fingerprint density at radius 2 is 2.29 bits per heavy atom. The first-order chi connectivity index (χ1) is 10.0. The number of halogens is 1. The van der Waals surface area contributed by atoms with E-state index in [-0.39, 0.29) is 17.9 Å². The molecule has 2 aromatic rings. The summed E-state index contributed by atoms with van der Waals surface area (Å²) in [7, 11) is 1.73. The third-order valence-corrected chi connectivity index (χ3v) is 3.75. The molecule has 0 bridgehead atoms. The number of urea groups is 1. The van der Waals surface area contributed by atoms with E-state index in [1.54, 1.807) is 24.2 Å². The third kappa shape index (κ3) is 2.58. The number of carbonyl (C=O) groups is 1. The number of rotatable bonds is 1. The maximum absolute atomic E-state index is 13.4. The van der Waals surface area contributed by atoms with Crippen LogP contribution in [-0.4, -0.2) is 32.5 Å². The van der Waals surface area contributed by atoms with Gasteiger partial charge in [0.25, 0.3) is 0 Å². The highest BCUT2D eigenvalue weighted by atomic mass is 19.1. The second-order valence-electron chi connectivity index (χ2n) is 5.17. The van der Waals surface area contributed by atoms with Gasteiger partial charge in [0.1, 0.15) is 5.82 Å². The van der Waals surface area contributed by atoms with Crippen molar-refractivity contribution in [1.82, 2.24) is 19.9 Å². The van der Waals surface area contributed by atoms with Gasteiger partial charge in [0.2, 0.25) is 0 Å².